The first-order chi connectivity index (χ1) is 6.15. The monoisotopic (exact) mass is 236 g/mol. The van der Waals surface area contributed by atoms with Crippen molar-refractivity contribution in [1.82, 2.24) is 0 Å². The lowest BCUT2D eigenvalue weighted by atomic mass is 9.97. The summed E-state index contributed by atoms with van der Waals surface area (Å²) in [7, 11) is 0. The van der Waals surface area contributed by atoms with Crippen molar-refractivity contribution in [2.45, 2.75) is 26.2 Å². The number of aryl methyl sites for hydroxylation is 1. The van der Waals surface area contributed by atoms with Crippen molar-refractivity contribution in [3.8, 4) is 12.3 Å². The molecule has 0 saturated heterocycles. The lowest BCUT2D eigenvalue weighted by Crippen LogP contribution is -1.93. The van der Waals surface area contributed by atoms with Crippen LogP contribution in [-0.4, -0.2) is 0 Å². The van der Waals surface area contributed by atoms with Crippen molar-refractivity contribution < 1.29 is 0 Å². The van der Waals surface area contributed by atoms with Gasteiger partial charge in [0.1, 0.15) is 0 Å². The zero-order valence-corrected chi connectivity index (χ0v) is 9.56. The van der Waals surface area contributed by atoms with Crippen molar-refractivity contribution in [1.29, 1.82) is 0 Å². The molecule has 1 atom stereocenters. The third-order valence-corrected chi connectivity index (χ3v) is 2.80. The Morgan fingerprint density at radius 2 is 2.23 bits per heavy atom. The third kappa shape index (κ3) is 2.60. The number of benzene rings is 1. The molecule has 1 aromatic rings. The summed E-state index contributed by atoms with van der Waals surface area (Å²) in [6.07, 6.45) is 6.07. The van der Waals surface area contributed by atoms with Crippen LogP contribution in [0.15, 0.2) is 22.7 Å². The number of terminal acetylenes is 1. The average Bonchev–Trinajstić information content (AvgIpc) is 2.04. The summed E-state index contributed by atoms with van der Waals surface area (Å²) < 4.78 is 1.16. The topological polar surface area (TPSA) is 0 Å². The van der Waals surface area contributed by atoms with Gasteiger partial charge >= 0.3 is 0 Å². The Labute approximate surface area is 88.5 Å². The van der Waals surface area contributed by atoms with Crippen molar-refractivity contribution in [3.63, 3.8) is 0 Å². The van der Waals surface area contributed by atoms with Crippen molar-refractivity contribution in [3.05, 3.63) is 33.8 Å². The maximum Gasteiger partial charge on any atom is 0.0212 e. The predicted molar refractivity (Wildman–Crippen MR) is 60.7 cm³/mol. The van der Waals surface area contributed by atoms with Gasteiger partial charge in [-0.25, -0.2) is 0 Å². The van der Waals surface area contributed by atoms with E-state index in [9.17, 15) is 0 Å². The van der Waals surface area contributed by atoms with Gasteiger partial charge in [-0.05, 0) is 30.0 Å². The molecule has 0 amide bonds. The number of halogens is 1. The van der Waals surface area contributed by atoms with Crippen LogP contribution in [-0.2, 0) is 0 Å². The molecule has 1 aromatic carbocycles. The van der Waals surface area contributed by atoms with E-state index in [1.807, 2.05) is 0 Å². The van der Waals surface area contributed by atoms with E-state index >= 15 is 0 Å². The second-order valence-electron chi connectivity index (χ2n) is 3.33. The molecule has 0 aromatic heterocycles. The molecule has 1 heteroatoms. The van der Waals surface area contributed by atoms with Crippen LogP contribution >= 0.6 is 15.9 Å². The maximum atomic E-state index is 5.28. The van der Waals surface area contributed by atoms with Crippen molar-refractivity contribution in [2.75, 3.05) is 0 Å². The van der Waals surface area contributed by atoms with Gasteiger partial charge in [-0.2, -0.15) is 0 Å². The lowest BCUT2D eigenvalue weighted by molar-refractivity contribution is 0.791. The van der Waals surface area contributed by atoms with Crippen LogP contribution in [0.5, 0.6) is 0 Å². The van der Waals surface area contributed by atoms with Crippen molar-refractivity contribution in [2.24, 2.45) is 0 Å². The Bertz CT molecular complexity index is 333. The van der Waals surface area contributed by atoms with Crippen LogP contribution in [0.25, 0.3) is 0 Å². The van der Waals surface area contributed by atoms with Gasteiger partial charge in [-0.1, -0.05) is 35.0 Å². The first-order valence-electron chi connectivity index (χ1n) is 4.34. The molecule has 0 N–H and O–H groups in total. The molecular weight excluding hydrogens is 224 g/mol. The second kappa shape index (κ2) is 4.48. The van der Waals surface area contributed by atoms with E-state index in [0.717, 1.165) is 10.9 Å². The largest absolute Gasteiger partial charge is 0.120 e. The molecule has 0 spiro atoms. The van der Waals surface area contributed by atoms with Gasteiger partial charge in [0.25, 0.3) is 0 Å². The van der Waals surface area contributed by atoms with Crippen LogP contribution in [0.1, 0.15) is 30.4 Å². The first-order valence-corrected chi connectivity index (χ1v) is 5.14. The fourth-order valence-electron chi connectivity index (χ4n) is 1.32. The molecule has 0 saturated carbocycles. The summed E-state index contributed by atoms with van der Waals surface area (Å²) in [5.74, 6) is 3.12. The van der Waals surface area contributed by atoms with E-state index in [-0.39, 0.29) is 0 Å². The Morgan fingerprint density at radius 3 is 2.77 bits per heavy atom. The van der Waals surface area contributed by atoms with Gasteiger partial charge < -0.3 is 0 Å². The van der Waals surface area contributed by atoms with Gasteiger partial charge in [0.15, 0.2) is 0 Å². The molecule has 0 heterocycles. The van der Waals surface area contributed by atoms with Crippen LogP contribution < -0.4 is 0 Å². The van der Waals surface area contributed by atoms with Gasteiger partial charge in [-0.3, -0.25) is 0 Å². The molecule has 0 aliphatic carbocycles. The highest BCUT2D eigenvalue weighted by atomic mass is 79.9. The maximum absolute atomic E-state index is 5.28. The molecule has 0 aliphatic rings. The molecule has 0 bridgehead atoms. The number of hydrogen-bond acceptors (Lipinski definition) is 0. The van der Waals surface area contributed by atoms with E-state index < -0.39 is 0 Å². The number of hydrogen-bond donors (Lipinski definition) is 0. The van der Waals surface area contributed by atoms with Gasteiger partial charge in [-0.15, -0.1) is 12.3 Å². The lowest BCUT2D eigenvalue weighted by Gasteiger charge is -2.11. The molecule has 0 aliphatic heterocycles. The zero-order valence-electron chi connectivity index (χ0n) is 7.97. The minimum Gasteiger partial charge on any atom is -0.120 e. The van der Waals surface area contributed by atoms with Gasteiger partial charge in [0, 0.05) is 10.9 Å². The zero-order chi connectivity index (χ0) is 9.84. The molecule has 0 radical (unpaired) electrons. The standard InChI is InChI=1S/C12H13Br/c1-4-5-10(3)11-7-6-9(2)8-12(11)13/h1,6-8,10H,5H2,2-3H3. The smallest absolute Gasteiger partial charge is 0.0212 e. The first kappa shape index (κ1) is 10.3. The summed E-state index contributed by atoms with van der Waals surface area (Å²) in [6.45, 7) is 4.23. The summed E-state index contributed by atoms with van der Waals surface area (Å²) in [6, 6.07) is 6.39. The van der Waals surface area contributed by atoms with Gasteiger partial charge in [0.2, 0.25) is 0 Å². The normalized spacial score (nSPS) is 12.2. The predicted octanol–water partition coefficient (Wildman–Crippen LogP) is 3.88. The van der Waals surface area contributed by atoms with Crippen molar-refractivity contribution >= 4 is 15.9 Å². The molecule has 1 unspecified atom stereocenters. The molecule has 68 valence electrons. The average molecular weight is 237 g/mol. The van der Waals surface area contributed by atoms with E-state index in [1.54, 1.807) is 0 Å². The number of rotatable bonds is 2. The molecule has 0 nitrogen and oxygen atoms in total. The molecule has 13 heavy (non-hydrogen) atoms. The van der Waals surface area contributed by atoms with Crippen LogP contribution in [0.4, 0.5) is 0 Å². The quantitative estimate of drug-likeness (QED) is 0.684. The Morgan fingerprint density at radius 1 is 1.54 bits per heavy atom. The summed E-state index contributed by atoms with van der Waals surface area (Å²) in [4.78, 5) is 0. The van der Waals surface area contributed by atoms with Crippen LogP contribution in [0, 0.1) is 19.3 Å². The molecule has 1 rings (SSSR count). The van der Waals surface area contributed by atoms with E-state index in [4.69, 9.17) is 6.42 Å². The van der Waals surface area contributed by atoms with E-state index in [0.29, 0.717) is 5.92 Å². The summed E-state index contributed by atoms with van der Waals surface area (Å²) in [5, 5.41) is 0. The van der Waals surface area contributed by atoms with E-state index in [1.165, 1.54) is 11.1 Å². The minimum absolute atomic E-state index is 0.431. The third-order valence-electron chi connectivity index (χ3n) is 2.11. The SMILES string of the molecule is C#CCC(C)c1ccc(C)cc1Br. The Kier molecular flexibility index (Phi) is 3.57. The second-order valence-corrected chi connectivity index (χ2v) is 4.19. The highest BCUT2D eigenvalue weighted by molar-refractivity contribution is 9.10. The van der Waals surface area contributed by atoms with E-state index in [2.05, 4.69) is 53.9 Å². The Balaban J connectivity index is 2.96. The van der Waals surface area contributed by atoms with Crippen LogP contribution in [0.3, 0.4) is 0 Å². The molecular formula is C12H13Br. The fraction of sp³-hybridized carbons (Fsp3) is 0.333. The van der Waals surface area contributed by atoms with Gasteiger partial charge in [0.05, 0.1) is 0 Å². The molecule has 0 fully saturated rings. The highest BCUT2D eigenvalue weighted by Gasteiger charge is 2.07. The summed E-state index contributed by atoms with van der Waals surface area (Å²) >= 11 is 3.55. The summed E-state index contributed by atoms with van der Waals surface area (Å²) in [5.41, 5.74) is 2.56. The highest BCUT2D eigenvalue weighted by Crippen LogP contribution is 2.27. The Hall–Kier alpha value is -0.740. The van der Waals surface area contributed by atoms with Crippen LogP contribution in [0.2, 0.25) is 0 Å². The minimum atomic E-state index is 0.431. The fourth-order valence-corrected chi connectivity index (χ4v) is 2.20.